The fraction of sp³-hybridized carbons (Fsp3) is 0.565. The van der Waals surface area contributed by atoms with Gasteiger partial charge in [0.25, 0.3) is 5.91 Å². The fourth-order valence-corrected chi connectivity index (χ4v) is 5.36. The summed E-state index contributed by atoms with van der Waals surface area (Å²) in [4.78, 5) is 28.3. The topological polar surface area (TPSA) is 49.4 Å². The molecule has 1 N–H and O–H groups in total. The monoisotopic (exact) mass is 400 g/mol. The molecule has 2 unspecified atom stereocenters. The molecule has 0 radical (unpaired) electrons. The summed E-state index contributed by atoms with van der Waals surface area (Å²) in [5, 5.41) is 3.38. The second kappa shape index (κ2) is 9.64. The minimum atomic E-state index is -0.0418. The predicted octanol–water partition coefficient (Wildman–Crippen LogP) is 4.38. The molecule has 1 aliphatic heterocycles. The molecule has 28 heavy (non-hydrogen) atoms. The molecule has 0 aromatic heterocycles. The molecule has 2 amide bonds. The highest BCUT2D eigenvalue weighted by Crippen LogP contribution is 2.42. The molecule has 2 fully saturated rings. The van der Waals surface area contributed by atoms with Crippen LogP contribution in [0.2, 0.25) is 0 Å². The summed E-state index contributed by atoms with van der Waals surface area (Å²) >= 11 is 1.71. The number of fused-ring (bicyclic) bond motifs is 1. The number of aryl methyl sites for hydroxylation is 1. The van der Waals surface area contributed by atoms with Crippen molar-refractivity contribution in [2.24, 2.45) is 5.92 Å². The third kappa shape index (κ3) is 5.40. The van der Waals surface area contributed by atoms with Crippen molar-refractivity contribution in [1.82, 2.24) is 10.2 Å². The minimum Gasteiger partial charge on any atom is -0.355 e. The van der Waals surface area contributed by atoms with Gasteiger partial charge in [-0.3, -0.25) is 9.59 Å². The molecule has 3 rings (SSSR count). The van der Waals surface area contributed by atoms with E-state index in [-0.39, 0.29) is 24.4 Å². The smallest absolute Gasteiger partial charge is 0.261 e. The van der Waals surface area contributed by atoms with E-state index in [1.165, 1.54) is 12.0 Å². The van der Waals surface area contributed by atoms with Crippen LogP contribution >= 0.6 is 11.8 Å². The Bertz CT molecular complexity index is 727. The average Bonchev–Trinajstić information content (AvgIpc) is 2.66. The van der Waals surface area contributed by atoms with Crippen molar-refractivity contribution in [2.45, 2.75) is 64.2 Å². The van der Waals surface area contributed by atoms with Gasteiger partial charge in [-0.1, -0.05) is 56.5 Å². The van der Waals surface area contributed by atoms with Gasteiger partial charge in [0, 0.05) is 17.8 Å². The number of carbonyl (C=O) groups is 2. The van der Waals surface area contributed by atoms with Gasteiger partial charge in [-0.25, -0.2) is 0 Å². The van der Waals surface area contributed by atoms with Crippen LogP contribution in [-0.2, 0) is 9.59 Å². The standard InChI is InChI=1S/C23H32N2O2S/c1-16(2)12-13-24-22(26)15-25-19-6-4-5-7-20(19)28-21(23(25)27)14-18-10-8-17(3)9-11-18/h8-11,14,16,19-20H,4-7,12-13,15H2,1-3H3,(H,24,26)/b21-14-. The average molecular weight is 401 g/mol. The first-order valence-corrected chi connectivity index (χ1v) is 11.3. The largest absolute Gasteiger partial charge is 0.355 e. The number of nitrogens with zero attached hydrogens (tertiary/aromatic N) is 1. The highest BCUT2D eigenvalue weighted by Gasteiger charge is 2.41. The van der Waals surface area contributed by atoms with Crippen LogP contribution in [0.4, 0.5) is 0 Å². The molecule has 1 heterocycles. The van der Waals surface area contributed by atoms with Crippen molar-refractivity contribution in [3.05, 3.63) is 40.3 Å². The van der Waals surface area contributed by atoms with Crippen molar-refractivity contribution in [1.29, 1.82) is 0 Å². The van der Waals surface area contributed by atoms with E-state index in [4.69, 9.17) is 0 Å². The highest BCUT2D eigenvalue weighted by molar-refractivity contribution is 8.04. The maximum Gasteiger partial charge on any atom is 0.261 e. The first-order valence-electron chi connectivity index (χ1n) is 10.5. The molecular weight excluding hydrogens is 368 g/mol. The van der Waals surface area contributed by atoms with Crippen LogP contribution in [0, 0.1) is 12.8 Å². The number of nitrogens with one attached hydrogen (secondary N) is 1. The molecule has 1 aromatic rings. The number of rotatable bonds is 6. The molecule has 5 heteroatoms. The molecule has 1 saturated heterocycles. The van der Waals surface area contributed by atoms with E-state index in [1.54, 1.807) is 11.8 Å². The maximum absolute atomic E-state index is 13.2. The quantitative estimate of drug-likeness (QED) is 0.721. The Morgan fingerprint density at radius 2 is 1.96 bits per heavy atom. The zero-order valence-corrected chi connectivity index (χ0v) is 18.1. The molecular formula is C23H32N2O2S. The number of hydrogen-bond donors (Lipinski definition) is 1. The minimum absolute atomic E-state index is 0.00716. The Balaban J connectivity index is 1.75. The lowest BCUT2D eigenvalue weighted by atomic mass is 9.93. The van der Waals surface area contributed by atoms with Gasteiger partial charge in [-0.2, -0.15) is 0 Å². The van der Waals surface area contributed by atoms with E-state index in [0.29, 0.717) is 17.7 Å². The Hall–Kier alpha value is -1.75. The second-order valence-corrected chi connectivity index (χ2v) is 9.67. The maximum atomic E-state index is 13.2. The SMILES string of the molecule is Cc1ccc(/C=C2\SC3CCCCC3N(CC(=O)NCCC(C)C)C2=O)cc1. The summed E-state index contributed by atoms with van der Waals surface area (Å²) in [5.74, 6) is 0.521. The van der Waals surface area contributed by atoms with Gasteiger partial charge in [0.05, 0.1) is 4.91 Å². The first-order chi connectivity index (χ1) is 13.4. The second-order valence-electron chi connectivity index (χ2n) is 8.39. The third-order valence-corrected chi connectivity index (χ3v) is 6.95. The van der Waals surface area contributed by atoms with E-state index in [2.05, 4.69) is 38.2 Å². The summed E-state index contributed by atoms with van der Waals surface area (Å²) in [6.07, 6.45) is 7.40. The van der Waals surface area contributed by atoms with Crippen LogP contribution in [0.15, 0.2) is 29.2 Å². The van der Waals surface area contributed by atoms with E-state index in [1.807, 2.05) is 23.1 Å². The zero-order valence-electron chi connectivity index (χ0n) is 17.2. The molecule has 0 bridgehead atoms. The zero-order chi connectivity index (χ0) is 20.1. The lowest BCUT2D eigenvalue weighted by Crippen LogP contribution is -2.54. The Morgan fingerprint density at radius 1 is 1.25 bits per heavy atom. The molecule has 1 saturated carbocycles. The lowest BCUT2D eigenvalue weighted by molar-refractivity contribution is -0.135. The molecule has 1 aliphatic carbocycles. The van der Waals surface area contributed by atoms with Crippen molar-refractivity contribution < 1.29 is 9.59 Å². The summed E-state index contributed by atoms with van der Waals surface area (Å²) in [7, 11) is 0. The Labute approximate surface area is 173 Å². The normalized spacial score (nSPS) is 23.8. The summed E-state index contributed by atoms with van der Waals surface area (Å²) < 4.78 is 0. The molecule has 2 atom stereocenters. The molecule has 1 aromatic carbocycles. The van der Waals surface area contributed by atoms with E-state index in [0.717, 1.165) is 36.2 Å². The molecule has 4 nitrogen and oxygen atoms in total. The van der Waals surface area contributed by atoms with E-state index < -0.39 is 0 Å². The fourth-order valence-electron chi connectivity index (χ4n) is 3.89. The van der Waals surface area contributed by atoms with Gasteiger partial charge in [0.2, 0.25) is 5.91 Å². The molecule has 152 valence electrons. The summed E-state index contributed by atoms with van der Waals surface area (Å²) in [6, 6.07) is 8.40. The van der Waals surface area contributed by atoms with Crippen LogP contribution in [0.1, 0.15) is 57.1 Å². The number of amides is 2. The molecule has 0 spiro atoms. The van der Waals surface area contributed by atoms with E-state index in [9.17, 15) is 9.59 Å². The summed E-state index contributed by atoms with van der Waals surface area (Å²) in [5.41, 5.74) is 2.24. The van der Waals surface area contributed by atoms with Gasteiger partial charge in [0.15, 0.2) is 0 Å². The predicted molar refractivity (Wildman–Crippen MR) is 117 cm³/mol. The number of carbonyl (C=O) groups excluding carboxylic acids is 2. The van der Waals surface area contributed by atoms with Gasteiger partial charge < -0.3 is 10.2 Å². The van der Waals surface area contributed by atoms with Gasteiger partial charge in [-0.15, -0.1) is 11.8 Å². The van der Waals surface area contributed by atoms with Crippen LogP contribution in [0.25, 0.3) is 6.08 Å². The van der Waals surface area contributed by atoms with Crippen LogP contribution in [-0.4, -0.2) is 41.1 Å². The van der Waals surface area contributed by atoms with Crippen molar-refractivity contribution >= 4 is 29.7 Å². The van der Waals surface area contributed by atoms with Crippen LogP contribution in [0.3, 0.4) is 0 Å². The third-order valence-electron chi connectivity index (χ3n) is 5.55. The number of benzene rings is 1. The number of hydrogen-bond acceptors (Lipinski definition) is 3. The number of thioether (sulfide) groups is 1. The van der Waals surface area contributed by atoms with Gasteiger partial charge in [0.1, 0.15) is 6.54 Å². The van der Waals surface area contributed by atoms with E-state index >= 15 is 0 Å². The van der Waals surface area contributed by atoms with Crippen molar-refractivity contribution in [3.8, 4) is 0 Å². The van der Waals surface area contributed by atoms with Crippen LogP contribution < -0.4 is 5.32 Å². The highest BCUT2D eigenvalue weighted by atomic mass is 32.2. The van der Waals surface area contributed by atoms with Crippen molar-refractivity contribution in [2.75, 3.05) is 13.1 Å². The van der Waals surface area contributed by atoms with Crippen LogP contribution in [0.5, 0.6) is 0 Å². The first kappa shape index (κ1) is 21.0. The van der Waals surface area contributed by atoms with Crippen molar-refractivity contribution in [3.63, 3.8) is 0 Å². The summed E-state index contributed by atoms with van der Waals surface area (Å²) in [6.45, 7) is 7.19. The lowest BCUT2D eigenvalue weighted by Gasteiger charge is -2.43. The Kier molecular flexibility index (Phi) is 7.22. The molecule has 2 aliphatic rings. The van der Waals surface area contributed by atoms with Gasteiger partial charge >= 0.3 is 0 Å². The Morgan fingerprint density at radius 3 is 2.68 bits per heavy atom. The van der Waals surface area contributed by atoms with Gasteiger partial charge in [-0.05, 0) is 43.7 Å².